The van der Waals surface area contributed by atoms with Crippen LogP contribution in [0.3, 0.4) is 0 Å². The Hall–Kier alpha value is -2.01. The number of aromatic nitrogens is 1. The van der Waals surface area contributed by atoms with E-state index in [2.05, 4.69) is 24.1 Å². The fourth-order valence-electron chi connectivity index (χ4n) is 2.72. The van der Waals surface area contributed by atoms with E-state index in [1.54, 1.807) is 24.4 Å². The summed E-state index contributed by atoms with van der Waals surface area (Å²) in [5.74, 6) is 0. The molecule has 1 aromatic heterocycles. The third-order valence-corrected chi connectivity index (χ3v) is 3.62. The number of benzene rings is 1. The summed E-state index contributed by atoms with van der Waals surface area (Å²) in [6.45, 7) is 5.17. The molecule has 0 aliphatic rings. The minimum absolute atomic E-state index is 0.123. The van der Waals surface area contributed by atoms with Gasteiger partial charge in [-0.2, -0.15) is 0 Å². The molecule has 0 spiro atoms. The Bertz CT molecular complexity index is 622. The van der Waals surface area contributed by atoms with Gasteiger partial charge in [0.15, 0.2) is 0 Å². The zero-order valence-electron chi connectivity index (χ0n) is 12.5. The lowest BCUT2D eigenvalue weighted by molar-refractivity contribution is -0.383. The molecule has 21 heavy (non-hydrogen) atoms. The fraction of sp³-hybridized carbons (Fsp3) is 0.438. The summed E-state index contributed by atoms with van der Waals surface area (Å²) in [5, 5.41) is 15.2. The summed E-state index contributed by atoms with van der Waals surface area (Å²) >= 11 is 0. The average Bonchev–Trinajstić information content (AvgIpc) is 2.47. The molecule has 0 bridgehead atoms. The van der Waals surface area contributed by atoms with Gasteiger partial charge < -0.3 is 5.32 Å². The van der Waals surface area contributed by atoms with Gasteiger partial charge in [-0.15, -0.1) is 0 Å². The molecular formula is C16H21N3O2. The number of nitro groups is 1. The Labute approximate surface area is 124 Å². The van der Waals surface area contributed by atoms with Gasteiger partial charge in [-0.1, -0.05) is 20.3 Å². The molecule has 1 heterocycles. The first kappa shape index (κ1) is 15.4. The van der Waals surface area contributed by atoms with Crippen LogP contribution in [0.4, 0.5) is 5.69 Å². The second kappa shape index (κ2) is 7.13. The highest BCUT2D eigenvalue weighted by molar-refractivity contribution is 5.90. The van der Waals surface area contributed by atoms with E-state index in [1.807, 2.05) is 6.07 Å². The predicted molar refractivity (Wildman–Crippen MR) is 84.5 cm³/mol. The van der Waals surface area contributed by atoms with Crippen molar-refractivity contribution in [3.63, 3.8) is 0 Å². The Balaban J connectivity index is 2.40. The van der Waals surface area contributed by atoms with Crippen LogP contribution in [0.15, 0.2) is 30.5 Å². The van der Waals surface area contributed by atoms with Crippen LogP contribution in [-0.2, 0) is 6.42 Å². The van der Waals surface area contributed by atoms with Crippen LogP contribution in [0.5, 0.6) is 0 Å². The summed E-state index contributed by atoms with van der Waals surface area (Å²) in [7, 11) is 0. The molecule has 0 aliphatic carbocycles. The van der Waals surface area contributed by atoms with Crippen LogP contribution < -0.4 is 5.32 Å². The van der Waals surface area contributed by atoms with Gasteiger partial charge in [0.25, 0.3) is 5.69 Å². The van der Waals surface area contributed by atoms with Gasteiger partial charge in [0.05, 0.1) is 15.8 Å². The number of pyridine rings is 1. The number of nitro benzene ring substituents is 1. The zero-order valence-corrected chi connectivity index (χ0v) is 12.5. The van der Waals surface area contributed by atoms with E-state index in [-0.39, 0.29) is 10.6 Å². The van der Waals surface area contributed by atoms with E-state index >= 15 is 0 Å². The van der Waals surface area contributed by atoms with Gasteiger partial charge in [-0.25, -0.2) is 0 Å². The van der Waals surface area contributed by atoms with E-state index in [9.17, 15) is 10.1 Å². The third-order valence-electron chi connectivity index (χ3n) is 3.62. The first-order valence-corrected chi connectivity index (χ1v) is 7.41. The smallest absolute Gasteiger partial charge is 0.278 e. The van der Waals surface area contributed by atoms with Gasteiger partial charge in [0.2, 0.25) is 0 Å². The number of rotatable bonds is 7. The molecule has 2 rings (SSSR count). The van der Waals surface area contributed by atoms with Gasteiger partial charge in [-0.05, 0) is 43.1 Å². The number of non-ortho nitro benzene ring substituents is 1. The number of nitrogens with zero attached hydrogens (tertiary/aromatic N) is 2. The van der Waals surface area contributed by atoms with Crippen molar-refractivity contribution in [1.29, 1.82) is 0 Å². The SMILES string of the molecule is CCCC(Cc1ccc([N+](=O)[O-])c2cccnc12)NCC. The molecule has 0 radical (unpaired) electrons. The second-order valence-corrected chi connectivity index (χ2v) is 5.15. The van der Waals surface area contributed by atoms with E-state index in [0.29, 0.717) is 11.4 Å². The number of hydrogen-bond donors (Lipinski definition) is 1. The van der Waals surface area contributed by atoms with Crippen molar-refractivity contribution in [1.82, 2.24) is 10.3 Å². The molecule has 0 fully saturated rings. The molecule has 5 heteroatoms. The van der Waals surface area contributed by atoms with Crippen molar-refractivity contribution >= 4 is 16.6 Å². The van der Waals surface area contributed by atoms with E-state index in [4.69, 9.17) is 0 Å². The lowest BCUT2D eigenvalue weighted by Crippen LogP contribution is -2.30. The molecule has 1 aromatic carbocycles. The first-order valence-electron chi connectivity index (χ1n) is 7.41. The normalized spacial score (nSPS) is 12.5. The van der Waals surface area contributed by atoms with Crippen LogP contribution >= 0.6 is 0 Å². The summed E-state index contributed by atoms with van der Waals surface area (Å²) in [4.78, 5) is 15.1. The highest BCUT2D eigenvalue weighted by atomic mass is 16.6. The van der Waals surface area contributed by atoms with Crippen molar-refractivity contribution < 1.29 is 4.92 Å². The average molecular weight is 287 g/mol. The Morgan fingerprint density at radius 1 is 1.33 bits per heavy atom. The summed E-state index contributed by atoms with van der Waals surface area (Å²) in [6.07, 6.45) is 4.72. The number of hydrogen-bond acceptors (Lipinski definition) is 4. The van der Waals surface area contributed by atoms with Gasteiger partial charge >= 0.3 is 0 Å². The third kappa shape index (κ3) is 3.55. The maximum Gasteiger partial charge on any atom is 0.278 e. The number of fused-ring (bicyclic) bond motifs is 1. The van der Waals surface area contributed by atoms with Gasteiger partial charge in [0, 0.05) is 18.3 Å². The molecule has 0 saturated heterocycles. The second-order valence-electron chi connectivity index (χ2n) is 5.15. The van der Waals surface area contributed by atoms with Crippen LogP contribution in [0.2, 0.25) is 0 Å². The minimum Gasteiger partial charge on any atom is -0.314 e. The van der Waals surface area contributed by atoms with Gasteiger partial charge in [0.1, 0.15) is 0 Å². The molecule has 0 amide bonds. The Kier molecular flexibility index (Phi) is 5.22. The summed E-state index contributed by atoms with van der Waals surface area (Å²) in [6, 6.07) is 7.33. The monoisotopic (exact) mass is 287 g/mol. The summed E-state index contributed by atoms with van der Waals surface area (Å²) < 4.78 is 0. The Morgan fingerprint density at radius 2 is 2.14 bits per heavy atom. The molecule has 1 N–H and O–H groups in total. The molecule has 0 saturated carbocycles. The highest BCUT2D eigenvalue weighted by Crippen LogP contribution is 2.27. The van der Waals surface area contributed by atoms with Crippen molar-refractivity contribution in [3.8, 4) is 0 Å². The van der Waals surface area contributed by atoms with E-state index in [1.165, 1.54) is 0 Å². The molecular weight excluding hydrogens is 266 g/mol. The van der Waals surface area contributed by atoms with Gasteiger partial charge in [-0.3, -0.25) is 15.1 Å². The quantitative estimate of drug-likeness (QED) is 0.625. The molecule has 5 nitrogen and oxygen atoms in total. The Morgan fingerprint density at radius 3 is 2.81 bits per heavy atom. The molecule has 0 aliphatic heterocycles. The number of nitrogens with one attached hydrogen (secondary N) is 1. The molecule has 1 atom stereocenters. The maximum atomic E-state index is 11.1. The van der Waals surface area contributed by atoms with Crippen molar-refractivity contribution in [2.75, 3.05) is 6.54 Å². The van der Waals surface area contributed by atoms with Crippen molar-refractivity contribution in [3.05, 3.63) is 46.1 Å². The lowest BCUT2D eigenvalue weighted by Gasteiger charge is -2.17. The predicted octanol–water partition coefficient (Wildman–Crippen LogP) is 3.46. The van der Waals surface area contributed by atoms with Crippen LogP contribution in [0, 0.1) is 10.1 Å². The standard InChI is InChI=1S/C16H21N3O2/c1-3-6-13(17-4-2)11-12-8-9-15(19(20)21)14-7-5-10-18-16(12)14/h5,7-10,13,17H,3-4,6,11H2,1-2H3. The zero-order chi connectivity index (χ0) is 15.2. The van der Waals surface area contributed by atoms with E-state index in [0.717, 1.165) is 36.9 Å². The van der Waals surface area contributed by atoms with Crippen molar-refractivity contribution in [2.24, 2.45) is 0 Å². The van der Waals surface area contributed by atoms with Crippen LogP contribution in [0.1, 0.15) is 32.3 Å². The van der Waals surface area contributed by atoms with Crippen molar-refractivity contribution in [2.45, 2.75) is 39.2 Å². The van der Waals surface area contributed by atoms with Crippen LogP contribution in [0.25, 0.3) is 10.9 Å². The first-order chi connectivity index (χ1) is 10.2. The lowest BCUT2D eigenvalue weighted by atomic mass is 9.98. The highest BCUT2D eigenvalue weighted by Gasteiger charge is 2.17. The summed E-state index contributed by atoms with van der Waals surface area (Å²) in [5.41, 5.74) is 1.93. The number of likely N-dealkylation sites (N-methyl/N-ethyl adjacent to an activating group) is 1. The molecule has 112 valence electrons. The molecule has 1 unspecified atom stereocenters. The van der Waals surface area contributed by atoms with Crippen LogP contribution in [-0.4, -0.2) is 22.5 Å². The largest absolute Gasteiger partial charge is 0.314 e. The topological polar surface area (TPSA) is 68.1 Å². The fourth-order valence-corrected chi connectivity index (χ4v) is 2.72. The van der Waals surface area contributed by atoms with E-state index < -0.39 is 0 Å². The minimum atomic E-state index is -0.346. The maximum absolute atomic E-state index is 11.1. The molecule has 2 aromatic rings.